The zero-order chi connectivity index (χ0) is 16.3. The van der Waals surface area contributed by atoms with E-state index in [4.69, 9.17) is 11.1 Å². The van der Waals surface area contributed by atoms with E-state index in [0.29, 0.717) is 0 Å². The number of hydrogen-bond donors (Lipinski definition) is 0. The molecule has 0 unspecified atom stereocenters. The van der Waals surface area contributed by atoms with Gasteiger partial charge in [0.15, 0.2) is 0 Å². The van der Waals surface area contributed by atoms with Crippen LogP contribution in [0.25, 0.3) is 31.9 Å². The summed E-state index contributed by atoms with van der Waals surface area (Å²) in [5.41, 5.74) is 16.0. The summed E-state index contributed by atoms with van der Waals surface area (Å²) in [6.45, 7) is -1.01. The highest BCUT2D eigenvalue weighted by atomic mass is 16.6. The van der Waals surface area contributed by atoms with E-state index in [1.165, 1.54) is 0 Å². The second-order valence-electron chi connectivity index (χ2n) is 3.60. The van der Waals surface area contributed by atoms with Gasteiger partial charge in [0.1, 0.15) is 13.3 Å². The summed E-state index contributed by atoms with van der Waals surface area (Å²) < 4.78 is 1.57. The summed E-state index contributed by atoms with van der Waals surface area (Å²) >= 11 is 0. The third-order valence-corrected chi connectivity index (χ3v) is 2.46. The van der Waals surface area contributed by atoms with Crippen LogP contribution in [0.3, 0.4) is 0 Å². The van der Waals surface area contributed by atoms with E-state index >= 15 is 0 Å². The van der Waals surface area contributed by atoms with Crippen LogP contribution in [0.15, 0.2) is 10.2 Å². The Kier molecular flexibility index (Phi) is 3.70. The highest BCUT2D eigenvalue weighted by Crippen LogP contribution is 2.31. The number of aromatic nitrogens is 4. The van der Waals surface area contributed by atoms with Gasteiger partial charge in [-0.15, -0.1) is 0 Å². The van der Waals surface area contributed by atoms with Crippen molar-refractivity contribution < 1.29 is 9.85 Å². The zero-order valence-corrected chi connectivity index (χ0v) is 10.4. The Balaban J connectivity index is 2.84. The minimum absolute atomic E-state index is 0.308. The molecule has 0 aliphatic rings. The van der Waals surface area contributed by atoms with E-state index in [2.05, 4.69) is 30.2 Å². The predicted molar refractivity (Wildman–Crippen MR) is 67.1 cm³/mol. The molecule has 2 aromatic rings. The molecule has 16 heteroatoms. The Morgan fingerprint density at radius 1 is 0.955 bits per heavy atom. The standard InChI is InChI=1S/C6H4N12O4/c7-13-9-1-15-3-4(6(11-15)18(21)22)16(2-10-14-8)12-5(3)17(19)20/h1-2H2. The van der Waals surface area contributed by atoms with Crippen molar-refractivity contribution in [1.82, 2.24) is 19.6 Å². The molecule has 0 spiro atoms. The van der Waals surface area contributed by atoms with Crippen molar-refractivity contribution in [1.29, 1.82) is 0 Å². The van der Waals surface area contributed by atoms with Crippen LogP contribution in [0, 0.1) is 20.2 Å². The molecule has 0 N–H and O–H groups in total. The molecule has 0 saturated heterocycles. The lowest BCUT2D eigenvalue weighted by atomic mass is 10.4. The Bertz CT molecular complexity index is 792. The van der Waals surface area contributed by atoms with Gasteiger partial charge in [-0.05, 0) is 20.9 Å². The molecule has 2 aromatic heterocycles. The molecular weight excluding hydrogens is 304 g/mol. The van der Waals surface area contributed by atoms with Gasteiger partial charge in [-0.2, -0.15) is 9.36 Å². The number of hydrogen-bond acceptors (Lipinski definition) is 8. The highest BCUT2D eigenvalue weighted by molar-refractivity contribution is 5.90. The normalized spacial score (nSPS) is 10.0. The highest BCUT2D eigenvalue weighted by Gasteiger charge is 2.35. The average molecular weight is 308 g/mol. The summed E-state index contributed by atoms with van der Waals surface area (Å²) in [4.78, 5) is 25.2. The van der Waals surface area contributed by atoms with Crippen molar-refractivity contribution >= 4 is 22.7 Å². The van der Waals surface area contributed by atoms with Crippen molar-refractivity contribution in [3.05, 3.63) is 41.1 Å². The lowest BCUT2D eigenvalue weighted by molar-refractivity contribution is -0.388. The SMILES string of the molecule is [N-]=[N+]=NCn1nc([N+](=O)[O-])c2c1c([N+](=O)[O-])nn2CN=[N+]=[N-]. The molecular formula is C6H4N12O4. The lowest BCUT2D eigenvalue weighted by Gasteiger charge is -1.91. The first-order valence-corrected chi connectivity index (χ1v) is 5.29. The van der Waals surface area contributed by atoms with Crippen LogP contribution in [0.2, 0.25) is 0 Å². The first-order chi connectivity index (χ1) is 10.5. The summed E-state index contributed by atoms with van der Waals surface area (Å²) in [7, 11) is 0. The molecule has 0 aliphatic carbocycles. The molecule has 0 radical (unpaired) electrons. The first-order valence-electron chi connectivity index (χ1n) is 5.29. The molecule has 2 rings (SSSR count). The minimum atomic E-state index is -0.882. The molecule has 0 aliphatic heterocycles. The quantitative estimate of drug-likeness (QED) is 0.253. The monoisotopic (exact) mass is 308 g/mol. The largest absolute Gasteiger partial charge is 0.418 e. The van der Waals surface area contributed by atoms with Crippen molar-refractivity contribution in [3.8, 4) is 0 Å². The van der Waals surface area contributed by atoms with Crippen LogP contribution in [0.4, 0.5) is 11.6 Å². The molecule has 16 nitrogen and oxygen atoms in total. The third kappa shape index (κ3) is 2.28. The van der Waals surface area contributed by atoms with Gasteiger partial charge in [0.2, 0.25) is 11.0 Å². The van der Waals surface area contributed by atoms with Crippen LogP contribution < -0.4 is 0 Å². The van der Waals surface area contributed by atoms with Crippen molar-refractivity contribution in [2.45, 2.75) is 13.3 Å². The fraction of sp³-hybridized carbons (Fsp3) is 0.333. The van der Waals surface area contributed by atoms with Gasteiger partial charge in [-0.25, -0.2) is 0 Å². The summed E-state index contributed by atoms with van der Waals surface area (Å²) in [6, 6.07) is 0. The summed E-state index contributed by atoms with van der Waals surface area (Å²) in [5.74, 6) is -1.48. The molecule has 0 amide bonds. The maximum Gasteiger partial charge on any atom is 0.418 e. The van der Waals surface area contributed by atoms with Crippen LogP contribution in [-0.4, -0.2) is 29.4 Å². The topological polar surface area (TPSA) is 219 Å². The Hall–Kier alpha value is -3.90. The predicted octanol–water partition coefficient (Wildman–Crippen LogP) is 1.58. The van der Waals surface area contributed by atoms with E-state index in [0.717, 1.165) is 9.36 Å². The fourth-order valence-corrected chi connectivity index (χ4v) is 1.74. The third-order valence-electron chi connectivity index (χ3n) is 2.46. The first kappa shape index (κ1) is 14.5. The summed E-state index contributed by atoms with van der Waals surface area (Å²) in [6.07, 6.45) is 0. The van der Waals surface area contributed by atoms with E-state index in [9.17, 15) is 20.2 Å². The molecule has 0 atom stereocenters. The van der Waals surface area contributed by atoms with Gasteiger partial charge in [0.25, 0.3) is 0 Å². The lowest BCUT2D eigenvalue weighted by Crippen LogP contribution is -2.03. The molecule has 0 saturated carbocycles. The van der Waals surface area contributed by atoms with Gasteiger partial charge in [0.05, 0.1) is 10.2 Å². The van der Waals surface area contributed by atoms with Crippen molar-refractivity contribution in [2.75, 3.05) is 0 Å². The Morgan fingerprint density at radius 2 is 1.32 bits per heavy atom. The Morgan fingerprint density at radius 3 is 1.59 bits per heavy atom. The average Bonchev–Trinajstić information content (AvgIpc) is 3.01. The number of nitrogens with zero attached hydrogens (tertiary/aromatic N) is 12. The number of rotatable bonds is 6. The van der Waals surface area contributed by atoms with Gasteiger partial charge in [0, 0.05) is 9.82 Å². The number of fused-ring (bicyclic) bond motifs is 1. The van der Waals surface area contributed by atoms with E-state index in [1.807, 2.05) is 0 Å². The molecule has 2 heterocycles. The molecule has 112 valence electrons. The second-order valence-corrected chi connectivity index (χ2v) is 3.60. The van der Waals surface area contributed by atoms with E-state index < -0.39 is 34.8 Å². The number of nitro groups is 2. The van der Waals surface area contributed by atoms with Crippen LogP contribution >= 0.6 is 0 Å². The smallest absolute Gasteiger partial charge is 0.358 e. The second kappa shape index (κ2) is 5.61. The van der Waals surface area contributed by atoms with Gasteiger partial charge >= 0.3 is 11.6 Å². The maximum atomic E-state index is 11.0. The van der Waals surface area contributed by atoms with E-state index in [-0.39, 0.29) is 11.0 Å². The van der Waals surface area contributed by atoms with Crippen molar-refractivity contribution in [3.63, 3.8) is 0 Å². The minimum Gasteiger partial charge on any atom is -0.358 e. The molecule has 0 bridgehead atoms. The van der Waals surface area contributed by atoms with Crippen LogP contribution in [0.1, 0.15) is 0 Å². The van der Waals surface area contributed by atoms with Gasteiger partial charge in [-0.1, -0.05) is 10.2 Å². The van der Waals surface area contributed by atoms with E-state index in [1.54, 1.807) is 0 Å². The fourth-order valence-electron chi connectivity index (χ4n) is 1.74. The zero-order valence-electron chi connectivity index (χ0n) is 10.4. The molecule has 22 heavy (non-hydrogen) atoms. The van der Waals surface area contributed by atoms with Crippen molar-refractivity contribution in [2.24, 2.45) is 10.2 Å². The molecule has 0 aromatic carbocycles. The van der Waals surface area contributed by atoms with Crippen LogP contribution in [-0.2, 0) is 13.3 Å². The molecule has 0 fully saturated rings. The maximum absolute atomic E-state index is 11.0. The summed E-state index contributed by atoms with van der Waals surface area (Å²) in [5, 5.41) is 35.4. The van der Waals surface area contributed by atoms with Gasteiger partial charge in [-0.3, -0.25) is 0 Å². The number of azide groups is 2. The Labute approximate surface area is 118 Å². The van der Waals surface area contributed by atoms with Crippen LogP contribution in [0.5, 0.6) is 0 Å². The van der Waals surface area contributed by atoms with Gasteiger partial charge < -0.3 is 20.2 Å².